The molecule has 0 saturated carbocycles. The van der Waals surface area contributed by atoms with Gasteiger partial charge >= 0.3 is 0 Å². The lowest BCUT2D eigenvalue weighted by Gasteiger charge is -2.18. The summed E-state index contributed by atoms with van der Waals surface area (Å²) in [6.07, 6.45) is 0. The van der Waals surface area contributed by atoms with Crippen molar-refractivity contribution in [2.45, 2.75) is 0 Å². The lowest BCUT2D eigenvalue weighted by atomic mass is 9.94. The average molecular weight is 918 g/mol. The minimum Gasteiger partial charge on any atom is -0.307 e. The molecule has 0 unspecified atom stereocenters. The van der Waals surface area contributed by atoms with E-state index in [1.807, 2.05) is 6.07 Å². The van der Waals surface area contributed by atoms with Crippen molar-refractivity contribution >= 4 is 54.4 Å². The first-order chi connectivity index (χ1) is 35.7. The quantitative estimate of drug-likeness (QED) is 0.153. The fourth-order valence-corrected chi connectivity index (χ4v) is 11.0. The minimum atomic E-state index is 0.593. The summed E-state index contributed by atoms with van der Waals surface area (Å²) in [4.78, 5) is 16.4. The van der Waals surface area contributed by atoms with Gasteiger partial charge in [-0.1, -0.05) is 224 Å². The number of benzene rings is 11. The van der Waals surface area contributed by atoms with Crippen molar-refractivity contribution in [1.29, 1.82) is 0 Å². The standard InChI is InChI=1S/C67H43N5/c1-4-20-44(21-5-1)45-38-40-48(41-39-45)65-68-66(57-43-42-49(46-22-6-2-7-23-46)51-27-10-11-28-52(51)57)70-67(69-65)58-33-18-31-55-53-29-13-17-36-61(53)72(63(55)58)62-37-19-32-56-54-30-14-16-35-60(54)71(64(56)62)59-34-15-12-26-50(59)47-24-8-3-9-25-47/h1-43H. The van der Waals surface area contributed by atoms with Gasteiger partial charge in [0.1, 0.15) is 0 Å². The van der Waals surface area contributed by atoms with Crippen LogP contribution in [0.25, 0.3) is 133 Å². The SMILES string of the molecule is c1ccc(-c2ccc(-c3nc(-c4ccc(-c5ccccc5)c5ccccc45)nc(-c4cccc5c6ccccc6n(-c6cccc7c8ccccc8n(-c8ccccc8-c8ccccc8)c67)c45)n3)cc2)cc1. The summed E-state index contributed by atoms with van der Waals surface area (Å²) in [7, 11) is 0. The number of hydrogen-bond donors (Lipinski definition) is 0. The highest BCUT2D eigenvalue weighted by atomic mass is 15.1. The highest BCUT2D eigenvalue weighted by molar-refractivity contribution is 6.17. The Hall–Kier alpha value is -9.71. The molecule has 0 atom stereocenters. The third-order valence-corrected chi connectivity index (χ3v) is 14.2. The Balaban J connectivity index is 1.05. The fourth-order valence-electron chi connectivity index (χ4n) is 11.0. The van der Waals surface area contributed by atoms with Crippen LogP contribution in [0, 0.1) is 0 Å². The molecule has 3 aromatic heterocycles. The lowest BCUT2D eigenvalue weighted by molar-refractivity contribution is 1.07. The Morgan fingerprint density at radius 1 is 0.208 bits per heavy atom. The van der Waals surface area contributed by atoms with E-state index in [0.717, 1.165) is 105 Å². The van der Waals surface area contributed by atoms with Crippen molar-refractivity contribution in [3.63, 3.8) is 0 Å². The van der Waals surface area contributed by atoms with Gasteiger partial charge in [0.25, 0.3) is 0 Å². The zero-order chi connectivity index (χ0) is 47.5. The van der Waals surface area contributed by atoms with Gasteiger partial charge in [0, 0.05) is 43.8 Å². The highest BCUT2D eigenvalue weighted by Gasteiger charge is 2.25. The van der Waals surface area contributed by atoms with Crippen LogP contribution >= 0.6 is 0 Å². The van der Waals surface area contributed by atoms with E-state index >= 15 is 0 Å². The summed E-state index contributed by atoms with van der Waals surface area (Å²) >= 11 is 0. The Kier molecular flexibility index (Phi) is 9.78. The van der Waals surface area contributed by atoms with Crippen LogP contribution in [0.2, 0.25) is 0 Å². The summed E-state index contributed by atoms with van der Waals surface area (Å²) in [5.74, 6) is 1.80. The van der Waals surface area contributed by atoms with Crippen molar-refractivity contribution in [3.05, 3.63) is 261 Å². The molecule has 14 aromatic rings. The molecule has 0 aliphatic carbocycles. The maximum Gasteiger partial charge on any atom is 0.166 e. The second-order valence-corrected chi connectivity index (χ2v) is 18.3. The maximum absolute atomic E-state index is 5.54. The van der Waals surface area contributed by atoms with E-state index in [-0.39, 0.29) is 0 Å². The molecule has 72 heavy (non-hydrogen) atoms. The van der Waals surface area contributed by atoms with Crippen LogP contribution in [0.1, 0.15) is 0 Å². The third kappa shape index (κ3) is 6.74. The van der Waals surface area contributed by atoms with E-state index in [9.17, 15) is 0 Å². The van der Waals surface area contributed by atoms with E-state index in [0.29, 0.717) is 17.5 Å². The average Bonchev–Trinajstić information content (AvgIpc) is 3.99. The molecule has 0 aliphatic heterocycles. The van der Waals surface area contributed by atoms with Gasteiger partial charge in [-0.15, -0.1) is 0 Å². The van der Waals surface area contributed by atoms with Crippen molar-refractivity contribution in [1.82, 2.24) is 24.1 Å². The number of hydrogen-bond acceptors (Lipinski definition) is 3. The predicted molar refractivity (Wildman–Crippen MR) is 299 cm³/mol. The summed E-state index contributed by atoms with van der Waals surface area (Å²) in [6.45, 7) is 0. The minimum absolute atomic E-state index is 0.593. The summed E-state index contributed by atoms with van der Waals surface area (Å²) in [6, 6.07) is 92.9. The van der Waals surface area contributed by atoms with E-state index in [2.05, 4.69) is 264 Å². The Morgan fingerprint density at radius 2 is 0.611 bits per heavy atom. The second kappa shape index (κ2) is 17.1. The predicted octanol–water partition coefficient (Wildman–Crippen LogP) is 17.2. The Bertz CT molecular complexity index is 4360. The van der Waals surface area contributed by atoms with Crippen molar-refractivity contribution in [2.75, 3.05) is 0 Å². The molecule has 0 bridgehead atoms. The Morgan fingerprint density at radius 3 is 1.28 bits per heavy atom. The van der Waals surface area contributed by atoms with Crippen molar-refractivity contribution < 1.29 is 0 Å². The van der Waals surface area contributed by atoms with Gasteiger partial charge < -0.3 is 9.13 Å². The monoisotopic (exact) mass is 917 g/mol. The molecule has 0 amide bonds. The van der Waals surface area contributed by atoms with Gasteiger partial charge in [-0.05, 0) is 75.0 Å². The zero-order valence-electron chi connectivity index (χ0n) is 39.1. The van der Waals surface area contributed by atoms with E-state index in [1.165, 1.54) is 10.8 Å². The second-order valence-electron chi connectivity index (χ2n) is 18.3. The van der Waals surface area contributed by atoms with E-state index in [1.54, 1.807) is 0 Å². The molecule has 5 heteroatoms. The van der Waals surface area contributed by atoms with Crippen LogP contribution in [0.15, 0.2) is 261 Å². The molecule has 0 radical (unpaired) electrons. The first-order valence-corrected chi connectivity index (χ1v) is 24.4. The highest BCUT2D eigenvalue weighted by Crippen LogP contribution is 2.44. The van der Waals surface area contributed by atoms with E-state index < -0.39 is 0 Å². The molecular weight excluding hydrogens is 875 g/mol. The topological polar surface area (TPSA) is 48.5 Å². The number of fused-ring (bicyclic) bond motifs is 7. The molecular formula is C67H43N5. The summed E-state index contributed by atoms with van der Waals surface area (Å²) < 4.78 is 4.92. The number of aromatic nitrogens is 5. The molecule has 0 aliphatic rings. The number of rotatable bonds is 8. The lowest BCUT2D eigenvalue weighted by Crippen LogP contribution is -2.04. The first kappa shape index (κ1) is 41.3. The van der Waals surface area contributed by atoms with Gasteiger partial charge in [0.05, 0.1) is 33.4 Å². The van der Waals surface area contributed by atoms with Crippen LogP contribution in [0.3, 0.4) is 0 Å². The molecule has 0 fully saturated rings. The number of para-hydroxylation sites is 5. The van der Waals surface area contributed by atoms with Crippen LogP contribution in [0.4, 0.5) is 0 Å². The molecule has 0 spiro atoms. The normalized spacial score (nSPS) is 11.6. The summed E-state index contributed by atoms with van der Waals surface area (Å²) in [5, 5.41) is 6.83. The maximum atomic E-state index is 5.54. The molecule has 0 N–H and O–H groups in total. The van der Waals surface area contributed by atoms with Crippen molar-refractivity contribution in [3.8, 4) is 78.9 Å². The van der Waals surface area contributed by atoms with Crippen LogP contribution < -0.4 is 0 Å². The smallest absolute Gasteiger partial charge is 0.166 e. The molecule has 14 rings (SSSR count). The fraction of sp³-hybridized carbons (Fsp3) is 0. The van der Waals surface area contributed by atoms with E-state index in [4.69, 9.17) is 15.0 Å². The van der Waals surface area contributed by atoms with Gasteiger partial charge in [0.2, 0.25) is 0 Å². The van der Waals surface area contributed by atoms with Gasteiger partial charge in [-0.25, -0.2) is 15.0 Å². The molecule has 11 aromatic carbocycles. The van der Waals surface area contributed by atoms with Gasteiger partial charge in [-0.2, -0.15) is 0 Å². The van der Waals surface area contributed by atoms with Gasteiger partial charge in [0.15, 0.2) is 17.5 Å². The summed E-state index contributed by atoms with van der Waals surface area (Å²) in [5.41, 5.74) is 16.2. The van der Waals surface area contributed by atoms with Crippen LogP contribution in [-0.4, -0.2) is 24.1 Å². The molecule has 5 nitrogen and oxygen atoms in total. The third-order valence-electron chi connectivity index (χ3n) is 14.2. The number of nitrogens with zero attached hydrogens (tertiary/aromatic N) is 5. The zero-order valence-corrected chi connectivity index (χ0v) is 39.1. The van der Waals surface area contributed by atoms with Crippen LogP contribution in [-0.2, 0) is 0 Å². The molecule has 0 saturated heterocycles. The van der Waals surface area contributed by atoms with Crippen LogP contribution in [0.5, 0.6) is 0 Å². The Labute approximate surface area is 416 Å². The largest absolute Gasteiger partial charge is 0.307 e. The first-order valence-electron chi connectivity index (χ1n) is 24.4. The molecule has 336 valence electrons. The van der Waals surface area contributed by atoms with Crippen molar-refractivity contribution in [2.24, 2.45) is 0 Å². The van der Waals surface area contributed by atoms with Gasteiger partial charge in [-0.3, -0.25) is 0 Å². The molecule has 3 heterocycles.